The van der Waals surface area contributed by atoms with Gasteiger partial charge in [0.2, 0.25) is 0 Å². The van der Waals surface area contributed by atoms with Crippen molar-refractivity contribution in [2.75, 3.05) is 28.7 Å². The van der Waals surface area contributed by atoms with Gasteiger partial charge in [-0.05, 0) is 56.2 Å². The van der Waals surface area contributed by atoms with Crippen LogP contribution in [0.5, 0.6) is 0 Å². The lowest BCUT2D eigenvalue weighted by Crippen LogP contribution is -2.43. The number of anilines is 3. The molecule has 8 nitrogen and oxygen atoms in total. The molecule has 0 spiro atoms. The Morgan fingerprint density at radius 1 is 1.18 bits per heavy atom. The van der Waals surface area contributed by atoms with Crippen LogP contribution >= 0.6 is 0 Å². The van der Waals surface area contributed by atoms with Crippen molar-refractivity contribution in [3.8, 4) is 6.07 Å². The largest absolute Gasteiger partial charge is 0.373 e. The number of carbonyl (C=O) groups excluding carboxylic acids is 2. The van der Waals surface area contributed by atoms with Gasteiger partial charge in [0.25, 0.3) is 5.91 Å². The number of nitrogens with one attached hydrogen (secondary N) is 1. The Labute approximate surface area is 201 Å². The molecule has 2 aliphatic rings. The van der Waals surface area contributed by atoms with Crippen LogP contribution in [0.4, 0.5) is 22.0 Å². The number of carbonyl (C=O) groups is 2. The van der Waals surface area contributed by atoms with Gasteiger partial charge >= 0.3 is 6.03 Å². The average Bonchev–Trinajstić information content (AvgIpc) is 3.09. The molecule has 1 aromatic carbocycles. The number of nitriles is 1. The van der Waals surface area contributed by atoms with Crippen LogP contribution in [0.1, 0.15) is 52.2 Å². The first-order chi connectivity index (χ1) is 16.0. The third kappa shape index (κ3) is 3.96. The second kappa shape index (κ2) is 8.32. The molecule has 0 aliphatic carbocycles. The summed E-state index contributed by atoms with van der Waals surface area (Å²) in [7, 11) is 2.04. The summed E-state index contributed by atoms with van der Waals surface area (Å²) in [5, 5.41) is 12.1. The smallest absolute Gasteiger partial charge is 0.332 e. The Hall–Kier alpha value is -3.60. The first kappa shape index (κ1) is 23.6. The van der Waals surface area contributed by atoms with E-state index in [1.807, 2.05) is 44.3 Å². The van der Waals surface area contributed by atoms with Crippen molar-refractivity contribution in [1.82, 2.24) is 9.88 Å². The van der Waals surface area contributed by atoms with Crippen LogP contribution in [0.15, 0.2) is 36.5 Å². The van der Waals surface area contributed by atoms with E-state index >= 15 is 0 Å². The minimum absolute atomic E-state index is 0.0186. The lowest BCUT2D eigenvalue weighted by Gasteiger charge is -2.27. The number of hydrogen-bond acceptors (Lipinski definition) is 6. The normalized spacial score (nSPS) is 19.3. The van der Waals surface area contributed by atoms with E-state index in [1.54, 1.807) is 24.9 Å². The summed E-state index contributed by atoms with van der Waals surface area (Å²) in [4.78, 5) is 36.4. The number of benzene rings is 1. The molecule has 178 valence electrons. The third-order valence-electron chi connectivity index (χ3n) is 6.79. The molecule has 2 aromatic rings. The molecule has 1 atom stereocenters. The predicted octanol–water partition coefficient (Wildman–Crippen LogP) is 4.27. The molecule has 1 fully saturated rings. The number of nitrogens with zero attached hydrogens (tertiary/aromatic N) is 5. The van der Waals surface area contributed by atoms with Gasteiger partial charge in [-0.2, -0.15) is 5.26 Å². The Morgan fingerprint density at radius 2 is 1.91 bits per heavy atom. The highest BCUT2D eigenvalue weighted by Gasteiger charge is 2.52. The topological polar surface area (TPSA) is 92.6 Å². The van der Waals surface area contributed by atoms with Gasteiger partial charge in [-0.3, -0.25) is 4.79 Å². The Morgan fingerprint density at radius 3 is 2.62 bits per heavy atom. The van der Waals surface area contributed by atoms with Gasteiger partial charge in [-0.1, -0.05) is 19.9 Å². The van der Waals surface area contributed by atoms with Crippen LogP contribution in [0.25, 0.3) is 0 Å². The van der Waals surface area contributed by atoms with E-state index in [4.69, 9.17) is 5.26 Å². The summed E-state index contributed by atoms with van der Waals surface area (Å²) in [6.45, 7) is 11.0. The highest BCUT2D eigenvalue weighted by Crippen LogP contribution is 2.43. The summed E-state index contributed by atoms with van der Waals surface area (Å²) in [6, 6.07) is 11.3. The van der Waals surface area contributed by atoms with Crippen molar-refractivity contribution in [3.05, 3.63) is 47.7 Å². The van der Waals surface area contributed by atoms with Crippen molar-refractivity contribution in [2.45, 2.75) is 64.6 Å². The third-order valence-corrected chi connectivity index (χ3v) is 6.79. The van der Waals surface area contributed by atoms with E-state index in [0.29, 0.717) is 17.9 Å². The Bertz CT molecular complexity index is 1180. The number of imide groups is 1. The zero-order chi connectivity index (χ0) is 24.8. The van der Waals surface area contributed by atoms with E-state index < -0.39 is 5.54 Å². The predicted molar refractivity (Wildman–Crippen MR) is 133 cm³/mol. The van der Waals surface area contributed by atoms with Crippen LogP contribution in [0.2, 0.25) is 0 Å². The molecule has 8 heteroatoms. The fourth-order valence-corrected chi connectivity index (χ4v) is 4.91. The highest BCUT2D eigenvalue weighted by molar-refractivity contribution is 6.23. The first-order valence-corrected chi connectivity index (χ1v) is 11.6. The number of amides is 3. The van der Waals surface area contributed by atoms with Gasteiger partial charge in [-0.25, -0.2) is 14.7 Å². The zero-order valence-corrected chi connectivity index (χ0v) is 20.7. The van der Waals surface area contributed by atoms with Gasteiger partial charge in [0.15, 0.2) is 0 Å². The summed E-state index contributed by atoms with van der Waals surface area (Å²) in [5.74, 6) is 0.393. The number of urea groups is 1. The lowest BCUT2D eigenvalue weighted by molar-refractivity contribution is -0.123. The second-order valence-electron chi connectivity index (χ2n) is 10.5. The molecule has 34 heavy (non-hydrogen) atoms. The lowest BCUT2D eigenvalue weighted by atomic mass is 9.87. The second-order valence-corrected chi connectivity index (χ2v) is 10.5. The number of hydrogen-bond donors (Lipinski definition) is 1. The highest BCUT2D eigenvalue weighted by atomic mass is 16.2. The molecule has 0 unspecified atom stereocenters. The van der Waals surface area contributed by atoms with E-state index in [0.717, 1.165) is 17.8 Å². The van der Waals surface area contributed by atoms with E-state index in [1.165, 1.54) is 10.5 Å². The van der Waals surface area contributed by atoms with Crippen LogP contribution in [-0.4, -0.2) is 47.0 Å². The number of rotatable bonds is 6. The molecule has 1 saturated heterocycles. The van der Waals surface area contributed by atoms with Crippen molar-refractivity contribution < 1.29 is 9.59 Å². The number of pyridine rings is 1. The Kier molecular flexibility index (Phi) is 5.76. The van der Waals surface area contributed by atoms with Gasteiger partial charge in [0.05, 0.1) is 18.2 Å². The van der Waals surface area contributed by atoms with E-state index in [9.17, 15) is 9.59 Å². The minimum atomic E-state index is -0.994. The summed E-state index contributed by atoms with van der Waals surface area (Å²) in [5.41, 5.74) is 2.74. The van der Waals surface area contributed by atoms with Crippen LogP contribution < -0.4 is 15.1 Å². The minimum Gasteiger partial charge on any atom is -0.373 e. The molecule has 2 aliphatic heterocycles. The van der Waals surface area contributed by atoms with Crippen molar-refractivity contribution >= 4 is 29.1 Å². The SMILES string of the molecule is C[C@@H](CC#N)Nc1cc(CN2C(=O)N(c3ccc4c(c3)N(C)CC4(C)C)C(=O)C2(C)C)ccn1. The maximum absolute atomic E-state index is 13.5. The van der Waals surface area contributed by atoms with Crippen molar-refractivity contribution in [3.63, 3.8) is 0 Å². The molecular formula is C26H32N6O2. The number of fused-ring (bicyclic) bond motifs is 1. The monoisotopic (exact) mass is 460 g/mol. The molecule has 0 bridgehead atoms. The van der Waals surface area contributed by atoms with Gasteiger partial charge in [0, 0.05) is 43.5 Å². The van der Waals surface area contributed by atoms with E-state index in [-0.39, 0.29) is 29.9 Å². The number of aromatic nitrogens is 1. The average molecular weight is 461 g/mol. The van der Waals surface area contributed by atoms with Gasteiger partial charge in [0.1, 0.15) is 11.4 Å². The van der Waals surface area contributed by atoms with Crippen LogP contribution in [-0.2, 0) is 16.8 Å². The summed E-state index contributed by atoms with van der Waals surface area (Å²) in [6.07, 6.45) is 2.03. The van der Waals surface area contributed by atoms with Crippen molar-refractivity contribution in [2.24, 2.45) is 0 Å². The van der Waals surface area contributed by atoms with Crippen LogP contribution in [0.3, 0.4) is 0 Å². The zero-order valence-electron chi connectivity index (χ0n) is 20.7. The molecule has 1 N–H and O–H groups in total. The molecule has 4 rings (SSSR count). The molecule has 1 aromatic heterocycles. The maximum atomic E-state index is 13.5. The maximum Gasteiger partial charge on any atom is 0.332 e. The quantitative estimate of drug-likeness (QED) is 0.647. The molecule has 3 amide bonds. The standard InChI is InChI=1S/C26H32N6O2/c1-17(9-11-27)29-22-13-18(10-12-28-22)15-31-24(34)32(23(33)26(31,4)5)19-7-8-20-21(14-19)30(6)16-25(20,2)3/h7-8,10,12-14,17H,9,15-16H2,1-6H3,(H,28,29)/t17-/m0/s1. The summed E-state index contributed by atoms with van der Waals surface area (Å²) < 4.78 is 0. The molecule has 0 radical (unpaired) electrons. The van der Waals surface area contributed by atoms with Gasteiger partial charge in [-0.15, -0.1) is 0 Å². The number of likely N-dealkylation sites (N-methyl/N-ethyl adjacent to an activating group) is 1. The van der Waals surface area contributed by atoms with Gasteiger partial charge < -0.3 is 15.1 Å². The molecule has 0 saturated carbocycles. The molecule has 3 heterocycles. The van der Waals surface area contributed by atoms with E-state index in [2.05, 4.69) is 35.1 Å². The Balaban J connectivity index is 1.60. The summed E-state index contributed by atoms with van der Waals surface area (Å²) >= 11 is 0. The molecular weight excluding hydrogens is 428 g/mol. The van der Waals surface area contributed by atoms with Crippen molar-refractivity contribution in [1.29, 1.82) is 5.26 Å². The fourth-order valence-electron chi connectivity index (χ4n) is 4.91. The first-order valence-electron chi connectivity index (χ1n) is 11.6. The fraction of sp³-hybridized carbons (Fsp3) is 0.462. The van der Waals surface area contributed by atoms with Crippen LogP contribution in [0, 0.1) is 11.3 Å².